The minimum atomic E-state index is -0.0526. The van der Waals surface area contributed by atoms with E-state index >= 15 is 0 Å². The number of benzene rings is 1. The number of nitrogens with one attached hydrogen (secondary N) is 1. The second kappa shape index (κ2) is 5.86. The Morgan fingerprint density at radius 1 is 1.26 bits per heavy atom. The first kappa shape index (κ1) is 12.9. The molecule has 0 bridgehead atoms. The predicted molar refractivity (Wildman–Crippen MR) is 72.6 cm³/mol. The van der Waals surface area contributed by atoms with Gasteiger partial charge in [-0.3, -0.25) is 10.4 Å². The van der Waals surface area contributed by atoms with Crippen molar-refractivity contribution in [2.24, 2.45) is 5.73 Å². The van der Waals surface area contributed by atoms with E-state index in [1.807, 2.05) is 30.3 Å². The standard InChI is InChI=1S/C14H15N3O2/c1-18-11-3-2-4-12(8-11)19-9-10-5-6-17-13(7-10)14(15)16/h2-8H,9H2,1H3,(H3,15,16). The number of ether oxygens (including phenoxy) is 2. The van der Waals surface area contributed by atoms with Crippen molar-refractivity contribution >= 4 is 5.84 Å². The van der Waals surface area contributed by atoms with Crippen LogP contribution in [0.5, 0.6) is 11.5 Å². The zero-order valence-corrected chi connectivity index (χ0v) is 10.6. The first-order valence-corrected chi connectivity index (χ1v) is 5.75. The number of nitrogens with zero attached hydrogens (tertiary/aromatic N) is 1. The fraction of sp³-hybridized carbons (Fsp3) is 0.143. The number of nitrogens with two attached hydrogens (primary N) is 1. The number of aromatic nitrogens is 1. The average Bonchev–Trinajstić information content (AvgIpc) is 2.45. The van der Waals surface area contributed by atoms with Crippen LogP contribution in [0.25, 0.3) is 0 Å². The summed E-state index contributed by atoms with van der Waals surface area (Å²) in [5.74, 6) is 1.42. The van der Waals surface area contributed by atoms with E-state index in [0.29, 0.717) is 12.3 Å². The predicted octanol–water partition coefficient (Wildman–Crippen LogP) is 1.95. The lowest BCUT2D eigenvalue weighted by molar-refractivity contribution is 0.303. The smallest absolute Gasteiger partial charge is 0.141 e. The largest absolute Gasteiger partial charge is 0.497 e. The topological polar surface area (TPSA) is 81.2 Å². The number of rotatable bonds is 5. The molecule has 2 rings (SSSR count). The lowest BCUT2D eigenvalue weighted by Crippen LogP contribution is -2.13. The minimum Gasteiger partial charge on any atom is -0.497 e. The van der Waals surface area contributed by atoms with Crippen LogP contribution < -0.4 is 15.2 Å². The molecular weight excluding hydrogens is 242 g/mol. The molecule has 0 spiro atoms. The van der Waals surface area contributed by atoms with Crippen LogP contribution in [-0.4, -0.2) is 17.9 Å². The van der Waals surface area contributed by atoms with Crippen molar-refractivity contribution in [3.8, 4) is 11.5 Å². The van der Waals surface area contributed by atoms with Gasteiger partial charge in [-0.2, -0.15) is 0 Å². The Labute approximate surface area is 111 Å². The molecule has 0 radical (unpaired) electrons. The number of methoxy groups -OCH3 is 1. The molecule has 2 aromatic rings. The van der Waals surface area contributed by atoms with E-state index in [4.69, 9.17) is 20.6 Å². The SMILES string of the molecule is COc1cccc(OCc2ccnc(C(=N)N)c2)c1. The average molecular weight is 257 g/mol. The second-order valence-electron chi connectivity index (χ2n) is 3.93. The Hall–Kier alpha value is -2.56. The molecule has 1 aromatic carbocycles. The third-order valence-electron chi connectivity index (χ3n) is 2.55. The number of amidine groups is 1. The summed E-state index contributed by atoms with van der Waals surface area (Å²) in [5.41, 5.74) is 6.75. The Balaban J connectivity index is 2.05. The van der Waals surface area contributed by atoms with Crippen LogP contribution in [0.3, 0.4) is 0 Å². The Morgan fingerprint density at radius 2 is 2.05 bits per heavy atom. The molecule has 0 unspecified atom stereocenters. The maximum atomic E-state index is 7.34. The van der Waals surface area contributed by atoms with Crippen molar-refractivity contribution in [2.45, 2.75) is 6.61 Å². The summed E-state index contributed by atoms with van der Waals surface area (Å²) < 4.78 is 10.8. The highest BCUT2D eigenvalue weighted by Crippen LogP contribution is 2.19. The van der Waals surface area contributed by atoms with Gasteiger partial charge in [0.1, 0.15) is 29.6 Å². The van der Waals surface area contributed by atoms with Gasteiger partial charge in [-0.1, -0.05) is 6.07 Å². The van der Waals surface area contributed by atoms with Gasteiger partial charge in [0.05, 0.1) is 7.11 Å². The molecule has 0 amide bonds. The van der Waals surface area contributed by atoms with Gasteiger partial charge in [-0.25, -0.2) is 0 Å². The highest BCUT2D eigenvalue weighted by molar-refractivity contribution is 5.93. The van der Waals surface area contributed by atoms with Crippen LogP contribution in [0, 0.1) is 5.41 Å². The summed E-state index contributed by atoms with van der Waals surface area (Å²) in [6.07, 6.45) is 1.61. The van der Waals surface area contributed by atoms with Gasteiger partial charge in [-0.05, 0) is 29.8 Å². The van der Waals surface area contributed by atoms with Crippen LogP contribution in [0.4, 0.5) is 0 Å². The van der Waals surface area contributed by atoms with Crippen molar-refractivity contribution < 1.29 is 9.47 Å². The van der Waals surface area contributed by atoms with Crippen LogP contribution in [0.2, 0.25) is 0 Å². The van der Waals surface area contributed by atoms with Gasteiger partial charge in [0, 0.05) is 12.3 Å². The van der Waals surface area contributed by atoms with Crippen LogP contribution >= 0.6 is 0 Å². The summed E-state index contributed by atoms with van der Waals surface area (Å²) >= 11 is 0. The summed E-state index contributed by atoms with van der Waals surface area (Å²) in [5, 5.41) is 7.34. The van der Waals surface area contributed by atoms with Gasteiger partial charge in [0.25, 0.3) is 0 Å². The second-order valence-corrected chi connectivity index (χ2v) is 3.93. The molecule has 0 saturated heterocycles. The van der Waals surface area contributed by atoms with Gasteiger partial charge >= 0.3 is 0 Å². The van der Waals surface area contributed by atoms with Crippen molar-refractivity contribution in [2.75, 3.05) is 7.11 Å². The molecule has 0 aliphatic rings. The summed E-state index contributed by atoms with van der Waals surface area (Å²) in [6, 6.07) is 11.0. The number of hydrogen-bond donors (Lipinski definition) is 2. The van der Waals surface area contributed by atoms with Gasteiger partial charge in [-0.15, -0.1) is 0 Å². The molecule has 0 aliphatic carbocycles. The van der Waals surface area contributed by atoms with E-state index in [1.54, 1.807) is 19.4 Å². The van der Waals surface area contributed by atoms with Crippen molar-refractivity contribution in [3.63, 3.8) is 0 Å². The molecule has 0 fully saturated rings. The summed E-state index contributed by atoms with van der Waals surface area (Å²) in [6.45, 7) is 0.385. The van der Waals surface area contributed by atoms with E-state index in [9.17, 15) is 0 Å². The van der Waals surface area contributed by atoms with Gasteiger partial charge in [0.2, 0.25) is 0 Å². The van der Waals surface area contributed by atoms with Crippen molar-refractivity contribution in [1.29, 1.82) is 5.41 Å². The zero-order valence-electron chi connectivity index (χ0n) is 10.6. The first-order valence-electron chi connectivity index (χ1n) is 5.75. The molecule has 5 nitrogen and oxygen atoms in total. The lowest BCUT2D eigenvalue weighted by atomic mass is 10.2. The molecule has 3 N–H and O–H groups in total. The summed E-state index contributed by atoms with van der Waals surface area (Å²) in [4.78, 5) is 4.00. The Morgan fingerprint density at radius 3 is 2.79 bits per heavy atom. The fourth-order valence-electron chi connectivity index (χ4n) is 1.57. The molecule has 1 heterocycles. The Bertz CT molecular complexity index is 584. The molecular formula is C14H15N3O2. The van der Waals surface area contributed by atoms with E-state index in [2.05, 4.69) is 4.98 Å². The maximum Gasteiger partial charge on any atom is 0.141 e. The Kier molecular flexibility index (Phi) is 3.97. The van der Waals surface area contributed by atoms with Crippen molar-refractivity contribution in [1.82, 2.24) is 4.98 Å². The molecule has 0 aliphatic heterocycles. The first-order chi connectivity index (χ1) is 9.19. The van der Waals surface area contributed by atoms with E-state index < -0.39 is 0 Å². The van der Waals surface area contributed by atoms with E-state index in [-0.39, 0.29) is 5.84 Å². The third kappa shape index (κ3) is 3.45. The highest BCUT2D eigenvalue weighted by Gasteiger charge is 2.02. The quantitative estimate of drug-likeness (QED) is 0.633. The minimum absolute atomic E-state index is 0.0526. The lowest BCUT2D eigenvalue weighted by Gasteiger charge is -2.08. The molecule has 5 heteroatoms. The van der Waals surface area contributed by atoms with Crippen LogP contribution in [0.15, 0.2) is 42.6 Å². The monoisotopic (exact) mass is 257 g/mol. The van der Waals surface area contributed by atoms with Crippen LogP contribution in [0.1, 0.15) is 11.3 Å². The summed E-state index contributed by atoms with van der Waals surface area (Å²) in [7, 11) is 1.61. The van der Waals surface area contributed by atoms with Crippen LogP contribution in [-0.2, 0) is 6.61 Å². The molecule has 19 heavy (non-hydrogen) atoms. The molecule has 1 aromatic heterocycles. The fourth-order valence-corrected chi connectivity index (χ4v) is 1.57. The number of pyridine rings is 1. The molecule has 98 valence electrons. The maximum absolute atomic E-state index is 7.34. The van der Waals surface area contributed by atoms with E-state index in [0.717, 1.165) is 17.1 Å². The molecule has 0 atom stereocenters. The normalized spacial score (nSPS) is 9.95. The van der Waals surface area contributed by atoms with Crippen molar-refractivity contribution in [3.05, 3.63) is 53.9 Å². The van der Waals surface area contributed by atoms with Gasteiger partial charge in [0.15, 0.2) is 0 Å². The highest BCUT2D eigenvalue weighted by atomic mass is 16.5. The third-order valence-corrected chi connectivity index (χ3v) is 2.55. The molecule has 0 saturated carbocycles. The van der Waals surface area contributed by atoms with Gasteiger partial charge < -0.3 is 15.2 Å². The van der Waals surface area contributed by atoms with E-state index in [1.165, 1.54) is 0 Å². The number of nitrogen functional groups attached to an aromatic ring is 1. The number of hydrogen-bond acceptors (Lipinski definition) is 4. The zero-order chi connectivity index (χ0) is 13.7.